The number of ether oxygens (including phenoxy) is 1. The third-order valence-corrected chi connectivity index (χ3v) is 9.55. The average molecular weight is 666 g/mol. The number of anilines is 7. The summed E-state index contributed by atoms with van der Waals surface area (Å²) in [6, 6.07) is 44.7. The molecule has 7 rings (SSSR count). The van der Waals surface area contributed by atoms with Crippen LogP contribution in [0, 0.1) is 0 Å². The van der Waals surface area contributed by atoms with E-state index >= 15 is 0 Å². The monoisotopic (exact) mass is 665 g/mol. The summed E-state index contributed by atoms with van der Waals surface area (Å²) in [7, 11) is 1.70. The Morgan fingerprint density at radius 2 is 1.41 bits per heavy atom. The van der Waals surface area contributed by atoms with E-state index in [2.05, 4.69) is 193 Å². The Bertz CT molecular complexity index is 2160. The normalized spacial score (nSPS) is 15.5. The third kappa shape index (κ3) is 7.08. The zero-order valence-corrected chi connectivity index (χ0v) is 29.5. The molecule has 0 radical (unpaired) electrons. The average Bonchev–Trinajstić information content (AvgIpc) is 3.27. The highest BCUT2D eigenvalue weighted by molar-refractivity contribution is 5.94. The Kier molecular flexibility index (Phi) is 9.84. The van der Waals surface area contributed by atoms with Gasteiger partial charge in [0.25, 0.3) is 0 Å². The van der Waals surface area contributed by atoms with Crippen LogP contribution < -0.4 is 19.4 Å². The van der Waals surface area contributed by atoms with Crippen molar-refractivity contribution >= 4 is 45.4 Å². The molecule has 1 aliphatic carbocycles. The van der Waals surface area contributed by atoms with Crippen LogP contribution in [-0.4, -0.2) is 13.2 Å². The number of methoxy groups -OCH3 is 1. The summed E-state index contributed by atoms with van der Waals surface area (Å²) in [5.41, 5.74) is 12.4. The van der Waals surface area contributed by atoms with Gasteiger partial charge in [-0.3, -0.25) is 0 Å². The van der Waals surface area contributed by atoms with E-state index in [-0.39, 0.29) is 6.04 Å². The highest BCUT2D eigenvalue weighted by atomic mass is 16.5. The molecule has 0 aromatic heterocycles. The summed E-state index contributed by atoms with van der Waals surface area (Å²) in [6.07, 6.45) is 18.2. The summed E-state index contributed by atoms with van der Waals surface area (Å²) in [4.78, 5) is 6.88. The summed E-state index contributed by atoms with van der Waals surface area (Å²) in [5, 5.41) is 0. The lowest BCUT2D eigenvalue weighted by atomic mass is 10.0. The van der Waals surface area contributed by atoms with Crippen molar-refractivity contribution < 1.29 is 4.74 Å². The van der Waals surface area contributed by atoms with Crippen LogP contribution >= 0.6 is 0 Å². The van der Waals surface area contributed by atoms with Gasteiger partial charge in [0.05, 0.1) is 13.2 Å². The lowest BCUT2D eigenvalue weighted by molar-refractivity contribution is 0.415. The summed E-state index contributed by atoms with van der Waals surface area (Å²) in [5.74, 6) is 0.817. The lowest BCUT2D eigenvalue weighted by Gasteiger charge is -2.28. The Balaban J connectivity index is 1.19. The topological polar surface area (TPSA) is 19.0 Å². The second-order valence-electron chi connectivity index (χ2n) is 12.7. The third-order valence-electron chi connectivity index (χ3n) is 9.55. The molecule has 4 nitrogen and oxygen atoms in total. The molecule has 4 heteroatoms. The van der Waals surface area contributed by atoms with Crippen LogP contribution in [0.15, 0.2) is 194 Å². The van der Waals surface area contributed by atoms with E-state index in [4.69, 9.17) is 4.74 Å². The number of fused-ring (bicyclic) bond motifs is 1. The van der Waals surface area contributed by atoms with E-state index in [9.17, 15) is 0 Å². The predicted molar refractivity (Wildman–Crippen MR) is 217 cm³/mol. The maximum Gasteiger partial charge on any atom is 0.120 e. The molecule has 0 amide bonds. The molecule has 1 unspecified atom stereocenters. The van der Waals surface area contributed by atoms with Crippen LogP contribution in [0.1, 0.15) is 25.8 Å². The Labute approximate surface area is 302 Å². The number of rotatable bonds is 10. The van der Waals surface area contributed by atoms with Gasteiger partial charge in [-0.15, -0.1) is 0 Å². The van der Waals surface area contributed by atoms with E-state index in [1.165, 1.54) is 11.1 Å². The Morgan fingerprint density at radius 1 is 0.745 bits per heavy atom. The molecule has 252 valence electrons. The second kappa shape index (κ2) is 15.1. The van der Waals surface area contributed by atoms with Crippen LogP contribution in [-0.2, 0) is 0 Å². The number of allylic oxidation sites excluding steroid dienone is 9. The van der Waals surface area contributed by atoms with Crippen molar-refractivity contribution in [3.63, 3.8) is 0 Å². The van der Waals surface area contributed by atoms with E-state index < -0.39 is 0 Å². The van der Waals surface area contributed by atoms with E-state index in [1.54, 1.807) is 7.11 Å². The van der Waals surface area contributed by atoms with Gasteiger partial charge in [0, 0.05) is 57.6 Å². The molecule has 1 aliphatic heterocycles. The molecule has 0 N–H and O–H groups in total. The summed E-state index contributed by atoms with van der Waals surface area (Å²) >= 11 is 0. The van der Waals surface area contributed by atoms with Gasteiger partial charge in [-0.2, -0.15) is 0 Å². The largest absolute Gasteiger partial charge is 0.497 e. The minimum atomic E-state index is 0.101. The molecule has 0 spiro atoms. The first-order chi connectivity index (χ1) is 25.0. The molecule has 5 aromatic rings. The fraction of sp³-hybridized carbons (Fsp3) is 0.106. The molecule has 0 bridgehead atoms. The molecule has 2 aliphatic rings. The van der Waals surface area contributed by atoms with Gasteiger partial charge in [-0.05, 0) is 122 Å². The van der Waals surface area contributed by atoms with Crippen LogP contribution in [0.5, 0.6) is 5.75 Å². The molecular formula is C47H43N3O. The SMILES string of the molecule is C=C1c2cc(N(c3ccccc3)c3cccc(OC)c3)ccc2N(c2ccc(N(/C=C/C=C\C3=CC=CCC=C3C)c3ccccc3)cc2)C1C. The standard InChI is InChI=1S/C47H43N3O/c1-35-17-8-5-9-18-38(35)19-14-15-32-48(39-20-10-6-11-21-39)40-26-28-42(29-27-40)49-37(3)36(2)46-34-44(30-31-47(46)49)50(41-22-12-7-13-23-41)43-24-16-25-45(33-43)51-4/h5-7,9-34,37H,2,8H2,1,3-4H3/b19-14-,32-15+. The fourth-order valence-corrected chi connectivity index (χ4v) is 6.77. The zero-order chi connectivity index (χ0) is 35.2. The van der Waals surface area contributed by atoms with Crippen molar-refractivity contribution in [2.75, 3.05) is 21.8 Å². The highest BCUT2D eigenvalue weighted by Crippen LogP contribution is 2.47. The van der Waals surface area contributed by atoms with Gasteiger partial charge in [-0.25, -0.2) is 0 Å². The first-order valence-corrected chi connectivity index (χ1v) is 17.5. The Hall–Kier alpha value is -6.26. The predicted octanol–water partition coefficient (Wildman–Crippen LogP) is 12.8. The highest BCUT2D eigenvalue weighted by Gasteiger charge is 2.31. The first-order valence-electron chi connectivity index (χ1n) is 17.5. The molecule has 0 fully saturated rings. The van der Waals surface area contributed by atoms with Gasteiger partial charge in [0.1, 0.15) is 5.75 Å². The number of nitrogens with zero attached hydrogens (tertiary/aromatic N) is 3. The van der Waals surface area contributed by atoms with E-state index in [1.807, 2.05) is 18.2 Å². The van der Waals surface area contributed by atoms with E-state index in [0.29, 0.717) is 0 Å². The number of hydrogen-bond donors (Lipinski definition) is 0. The summed E-state index contributed by atoms with van der Waals surface area (Å²) < 4.78 is 5.58. The number of benzene rings is 5. The fourth-order valence-electron chi connectivity index (χ4n) is 6.77. The first kappa shape index (κ1) is 33.2. The van der Waals surface area contributed by atoms with Gasteiger partial charge >= 0.3 is 0 Å². The van der Waals surface area contributed by atoms with Crippen molar-refractivity contribution in [3.8, 4) is 5.75 Å². The number of para-hydroxylation sites is 2. The second-order valence-corrected chi connectivity index (χ2v) is 12.7. The van der Waals surface area contributed by atoms with Gasteiger partial charge in [0.15, 0.2) is 0 Å². The molecule has 1 atom stereocenters. The van der Waals surface area contributed by atoms with Crippen LogP contribution in [0.4, 0.5) is 39.8 Å². The van der Waals surface area contributed by atoms with Gasteiger partial charge in [-0.1, -0.05) is 85.5 Å². The van der Waals surface area contributed by atoms with Crippen molar-refractivity contribution in [1.82, 2.24) is 0 Å². The van der Waals surface area contributed by atoms with Crippen molar-refractivity contribution in [2.24, 2.45) is 0 Å². The molecule has 51 heavy (non-hydrogen) atoms. The molecule has 0 saturated carbocycles. The van der Waals surface area contributed by atoms with Crippen molar-refractivity contribution in [1.29, 1.82) is 0 Å². The van der Waals surface area contributed by atoms with Crippen LogP contribution in [0.3, 0.4) is 0 Å². The van der Waals surface area contributed by atoms with Crippen molar-refractivity contribution in [3.05, 3.63) is 199 Å². The molecular weight excluding hydrogens is 623 g/mol. The van der Waals surface area contributed by atoms with Gasteiger partial charge in [0.2, 0.25) is 0 Å². The maximum atomic E-state index is 5.58. The number of hydrogen-bond acceptors (Lipinski definition) is 4. The quantitative estimate of drug-likeness (QED) is 0.138. The molecule has 1 heterocycles. The van der Waals surface area contributed by atoms with Gasteiger partial charge < -0.3 is 19.4 Å². The van der Waals surface area contributed by atoms with Crippen LogP contribution in [0.2, 0.25) is 0 Å². The lowest BCUT2D eigenvalue weighted by Crippen LogP contribution is -2.23. The summed E-state index contributed by atoms with van der Waals surface area (Å²) in [6.45, 7) is 8.98. The smallest absolute Gasteiger partial charge is 0.120 e. The van der Waals surface area contributed by atoms with Crippen LogP contribution in [0.25, 0.3) is 5.57 Å². The minimum Gasteiger partial charge on any atom is -0.497 e. The van der Waals surface area contributed by atoms with E-state index in [0.717, 1.165) is 63.1 Å². The Morgan fingerprint density at radius 3 is 2.16 bits per heavy atom. The molecule has 0 saturated heterocycles. The maximum absolute atomic E-state index is 5.58. The minimum absolute atomic E-state index is 0.101. The zero-order valence-electron chi connectivity index (χ0n) is 29.5. The van der Waals surface area contributed by atoms with Crippen molar-refractivity contribution in [2.45, 2.75) is 26.3 Å². The molecule has 5 aromatic carbocycles.